The van der Waals surface area contributed by atoms with Gasteiger partial charge in [0.05, 0.1) is 16.7 Å². The molecule has 1 aromatic rings. The van der Waals surface area contributed by atoms with Crippen LogP contribution >= 0.6 is 23.5 Å². The Morgan fingerprint density at radius 2 is 1.81 bits per heavy atom. The molecule has 2 bridgehead atoms. The molecule has 1 spiro atoms. The lowest BCUT2D eigenvalue weighted by Crippen LogP contribution is -2.50. The van der Waals surface area contributed by atoms with Crippen molar-refractivity contribution in [1.82, 2.24) is 5.32 Å². The number of carbonyl (C=O) groups is 1. The van der Waals surface area contributed by atoms with Crippen molar-refractivity contribution in [3.63, 3.8) is 0 Å². The normalized spacial score (nSPS) is 34.8. The van der Waals surface area contributed by atoms with Crippen molar-refractivity contribution < 1.29 is 9.53 Å². The third-order valence-corrected chi connectivity index (χ3v) is 10.8. The van der Waals surface area contributed by atoms with Gasteiger partial charge in [0.2, 0.25) is 5.91 Å². The summed E-state index contributed by atoms with van der Waals surface area (Å²) in [7, 11) is 0. The fraction of sp³-hybridized carbons (Fsp3) is 0.667. The van der Waals surface area contributed by atoms with Crippen LogP contribution < -0.4 is 10.1 Å². The van der Waals surface area contributed by atoms with Crippen molar-refractivity contribution in [1.29, 1.82) is 0 Å². The number of amides is 1. The number of rotatable bonds is 2. The molecule has 0 radical (unpaired) electrons. The molecule has 2 aliphatic heterocycles. The lowest BCUT2D eigenvalue weighted by molar-refractivity contribution is -0.128. The standard InChI is InChI=1S/C21H27NO2S2/c23-20(22-18-8-9-24-19-7-2-1-6-17(18)19)14-12-15-4-3-5-16(13-14)21(15)25-10-11-26-21/h1-2,6-7,14-16,18H,3-5,8-13H2,(H,22,23)/t14?,15-,16+,18-/m0/s1. The van der Waals surface area contributed by atoms with Crippen LogP contribution in [0.3, 0.4) is 0 Å². The van der Waals surface area contributed by atoms with E-state index in [0.717, 1.165) is 42.4 Å². The first-order chi connectivity index (χ1) is 12.8. The predicted molar refractivity (Wildman–Crippen MR) is 109 cm³/mol. The third kappa shape index (κ3) is 2.86. The molecule has 1 unspecified atom stereocenters. The fourth-order valence-electron chi connectivity index (χ4n) is 5.60. The Balaban J connectivity index is 1.30. The molecule has 140 valence electrons. The van der Waals surface area contributed by atoms with Gasteiger partial charge in [0.15, 0.2) is 0 Å². The molecule has 5 heteroatoms. The second-order valence-corrected chi connectivity index (χ2v) is 11.2. The number of nitrogens with one attached hydrogen (secondary N) is 1. The molecule has 0 aromatic heterocycles. The fourth-order valence-corrected chi connectivity index (χ4v) is 9.54. The maximum atomic E-state index is 13.1. The van der Waals surface area contributed by atoms with Gasteiger partial charge in [-0.15, -0.1) is 23.5 Å². The van der Waals surface area contributed by atoms with E-state index in [4.69, 9.17) is 4.74 Å². The predicted octanol–water partition coefficient (Wildman–Crippen LogP) is 4.63. The molecule has 4 aliphatic rings. The highest BCUT2D eigenvalue weighted by Crippen LogP contribution is 2.64. The van der Waals surface area contributed by atoms with E-state index < -0.39 is 0 Å². The van der Waals surface area contributed by atoms with E-state index >= 15 is 0 Å². The van der Waals surface area contributed by atoms with E-state index in [0.29, 0.717) is 10.7 Å². The average molecular weight is 390 g/mol. The molecule has 2 saturated carbocycles. The molecule has 5 rings (SSSR count). The van der Waals surface area contributed by atoms with Gasteiger partial charge in [0, 0.05) is 29.4 Å². The molecule has 2 heterocycles. The summed E-state index contributed by atoms with van der Waals surface area (Å²) in [5, 5.41) is 3.38. The van der Waals surface area contributed by atoms with Crippen LogP contribution in [-0.4, -0.2) is 28.1 Å². The molecule has 1 saturated heterocycles. The van der Waals surface area contributed by atoms with Crippen LogP contribution in [0, 0.1) is 17.8 Å². The largest absolute Gasteiger partial charge is 0.493 e. The van der Waals surface area contributed by atoms with Crippen LogP contribution in [-0.2, 0) is 4.79 Å². The molecule has 4 atom stereocenters. The summed E-state index contributed by atoms with van der Waals surface area (Å²) in [5.74, 6) is 5.47. The van der Waals surface area contributed by atoms with Crippen molar-refractivity contribution in [3.05, 3.63) is 29.8 Å². The maximum absolute atomic E-state index is 13.1. The van der Waals surface area contributed by atoms with E-state index in [1.165, 1.54) is 30.8 Å². The minimum atomic E-state index is 0.110. The number of para-hydroxylation sites is 1. The van der Waals surface area contributed by atoms with Gasteiger partial charge >= 0.3 is 0 Å². The van der Waals surface area contributed by atoms with E-state index in [-0.39, 0.29) is 17.9 Å². The highest BCUT2D eigenvalue weighted by molar-refractivity contribution is 8.21. The average Bonchev–Trinajstić information content (AvgIpc) is 3.11. The quantitative estimate of drug-likeness (QED) is 0.800. The number of hydrogen-bond acceptors (Lipinski definition) is 4. The van der Waals surface area contributed by atoms with Crippen molar-refractivity contribution in [3.8, 4) is 5.75 Å². The molecule has 3 fully saturated rings. The first-order valence-corrected chi connectivity index (χ1v) is 12.0. The number of carbonyl (C=O) groups excluding carboxylic acids is 1. The summed E-state index contributed by atoms with van der Waals surface area (Å²) in [6.45, 7) is 0.689. The number of thioether (sulfide) groups is 2. The summed E-state index contributed by atoms with van der Waals surface area (Å²) < 4.78 is 6.19. The highest BCUT2D eigenvalue weighted by atomic mass is 32.2. The molecule has 26 heavy (non-hydrogen) atoms. The first-order valence-electron chi connectivity index (χ1n) is 10.1. The Labute approximate surface area is 164 Å². The van der Waals surface area contributed by atoms with E-state index in [2.05, 4.69) is 34.9 Å². The van der Waals surface area contributed by atoms with Crippen LogP contribution in [0.1, 0.15) is 50.1 Å². The van der Waals surface area contributed by atoms with E-state index in [1.54, 1.807) is 0 Å². The highest BCUT2D eigenvalue weighted by Gasteiger charge is 2.55. The summed E-state index contributed by atoms with van der Waals surface area (Å²) >= 11 is 4.43. The Morgan fingerprint density at radius 3 is 2.58 bits per heavy atom. The topological polar surface area (TPSA) is 38.3 Å². The summed E-state index contributed by atoms with van der Waals surface area (Å²) in [6, 6.07) is 8.25. The minimum absolute atomic E-state index is 0.110. The molecular weight excluding hydrogens is 362 g/mol. The van der Waals surface area contributed by atoms with Gasteiger partial charge < -0.3 is 10.1 Å². The zero-order valence-electron chi connectivity index (χ0n) is 15.1. The van der Waals surface area contributed by atoms with Crippen LogP contribution in [0.4, 0.5) is 0 Å². The Morgan fingerprint density at radius 1 is 1.08 bits per heavy atom. The van der Waals surface area contributed by atoms with E-state index in [9.17, 15) is 4.79 Å². The second kappa shape index (κ2) is 6.97. The molecular formula is C21H27NO2S2. The van der Waals surface area contributed by atoms with Gasteiger partial charge in [-0.2, -0.15) is 0 Å². The van der Waals surface area contributed by atoms with Gasteiger partial charge in [0.1, 0.15) is 5.75 Å². The van der Waals surface area contributed by atoms with Gasteiger partial charge in [-0.05, 0) is 43.6 Å². The van der Waals surface area contributed by atoms with Gasteiger partial charge in [-0.25, -0.2) is 0 Å². The lowest BCUT2D eigenvalue weighted by atomic mass is 9.67. The summed E-state index contributed by atoms with van der Waals surface area (Å²) in [6.07, 6.45) is 7.05. The van der Waals surface area contributed by atoms with E-state index in [1.807, 2.05) is 18.2 Å². The first kappa shape index (κ1) is 17.3. The zero-order valence-corrected chi connectivity index (χ0v) is 16.7. The third-order valence-electron chi connectivity index (χ3n) is 6.77. The van der Waals surface area contributed by atoms with Crippen LogP contribution in [0.25, 0.3) is 0 Å². The smallest absolute Gasteiger partial charge is 0.223 e. The van der Waals surface area contributed by atoms with Crippen LogP contribution in [0.2, 0.25) is 0 Å². The van der Waals surface area contributed by atoms with Crippen molar-refractivity contribution in [2.45, 2.75) is 48.6 Å². The van der Waals surface area contributed by atoms with Gasteiger partial charge in [0.25, 0.3) is 0 Å². The Kier molecular flexibility index (Phi) is 4.64. The van der Waals surface area contributed by atoms with Crippen LogP contribution in [0.15, 0.2) is 24.3 Å². The molecule has 1 aromatic carbocycles. The SMILES string of the molecule is O=C(N[C@H]1CCOc2ccccc21)C1C[C@H]2CCC[C@@H](C1)C21SCCS1. The van der Waals surface area contributed by atoms with Gasteiger partial charge in [-0.1, -0.05) is 24.6 Å². The van der Waals surface area contributed by atoms with Crippen molar-refractivity contribution in [2.24, 2.45) is 17.8 Å². The number of ether oxygens (including phenoxy) is 1. The number of benzene rings is 1. The molecule has 1 N–H and O–H groups in total. The number of hydrogen-bond donors (Lipinski definition) is 1. The monoisotopic (exact) mass is 389 g/mol. The second-order valence-electron chi connectivity index (χ2n) is 8.15. The molecule has 2 aliphatic carbocycles. The molecule has 1 amide bonds. The number of fused-ring (bicyclic) bond motifs is 1. The summed E-state index contributed by atoms with van der Waals surface area (Å²) in [4.78, 5) is 13.1. The van der Waals surface area contributed by atoms with Crippen LogP contribution in [0.5, 0.6) is 5.75 Å². The Bertz CT molecular complexity index is 672. The van der Waals surface area contributed by atoms with Crippen molar-refractivity contribution in [2.75, 3.05) is 18.1 Å². The summed E-state index contributed by atoms with van der Waals surface area (Å²) in [5.41, 5.74) is 1.14. The minimum Gasteiger partial charge on any atom is -0.493 e. The van der Waals surface area contributed by atoms with Gasteiger partial charge in [-0.3, -0.25) is 4.79 Å². The molecule has 3 nitrogen and oxygen atoms in total. The maximum Gasteiger partial charge on any atom is 0.223 e. The zero-order chi connectivity index (χ0) is 17.6. The lowest BCUT2D eigenvalue weighted by Gasteiger charge is -2.52. The van der Waals surface area contributed by atoms with Crippen molar-refractivity contribution >= 4 is 29.4 Å². The Hall–Kier alpha value is -0.810.